The Balaban J connectivity index is 3.06. The van der Waals surface area contributed by atoms with Crippen LogP contribution >= 0.6 is 23.2 Å². The lowest BCUT2D eigenvalue weighted by molar-refractivity contribution is 0.423. The van der Waals surface area contributed by atoms with Crippen molar-refractivity contribution >= 4 is 23.2 Å². The van der Waals surface area contributed by atoms with Crippen LogP contribution in [0.4, 0.5) is 0 Å². The number of hydrogen-bond donors (Lipinski definition) is 0. The van der Waals surface area contributed by atoms with Crippen LogP contribution < -0.4 is 0 Å². The fourth-order valence-corrected chi connectivity index (χ4v) is 2.52. The van der Waals surface area contributed by atoms with E-state index < -0.39 is 0 Å². The van der Waals surface area contributed by atoms with Crippen LogP contribution in [0.1, 0.15) is 29.2 Å². The van der Waals surface area contributed by atoms with Crippen molar-refractivity contribution in [1.82, 2.24) is 0 Å². The molecule has 0 saturated carbocycles. The molecule has 0 aromatic heterocycles. The fraction of sp³-hybridized carbons (Fsp3) is 0.571. The fourth-order valence-electron chi connectivity index (χ4n) is 2.05. The van der Waals surface area contributed by atoms with Crippen LogP contribution in [-0.4, -0.2) is 11.8 Å². The molecule has 0 radical (unpaired) electrons. The van der Waals surface area contributed by atoms with E-state index in [0.29, 0.717) is 11.8 Å². The third-order valence-electron chi connectivity index (χ3n) is 3.09. The van der Waals surface area contributed by atoms with Crippen molar-refractivity contribution in [3.8, 4) is 0 Å². The summed E-state index contributed by atoms with van der Waals surface area (Å²) in [4.78, 5) is 0. The minimum atomic E-state index is -0.00606. The molecule has 0 spiro atoms. The third-order valence-corrected chi connectivity index (χ3v) is 4.38. The van der Waals surface area contributed by atoms with E-state index in [1.54, 1.807) is 0 Å². The SMILES string of the molecule is Cc1cc(C)c(CC(C)(CCl)CCl)c(C)c1. The first kappa shape index (κ1) is 13.9. The zero-order valence-corrected chi connectivity index (χ0v) is 12.0. The van der Waals surface area contributed by atoms with Crippen molar-refractivity contribution < 1.29 is 0 Å². The van der Waals surface area contributed by atoms with Gasteiger partial charge < -0.3 is 0 Å². The van der Waals surface area contributed by atoms with Crippen LogP contribution in [0.3, 0.4) is 0 Å². The zero-order valence-electron chi connectivity index (χ0n) is 10.5. The van der Waals surface area contributed by atoms with Crippen molar-refractivity contribution in [2.24, 2.45) is 5.41 Å². The predicted molar refractivity (Wildman–Crippen MR) is 73.9 cm³/mol. The molecule has 0 aliphatic rings. The second-order valence-corrected chi connectivity index (χ2v) is 5.67. The summed E-state index contributed by atoms with van der Waals surface area (Å²) in [6.45, 7) is 8.61. The van der Waals surface area contributed by atoms with Crippen LogP contribution in [0.25, 0.3) is 0 Å². The summed E-state index contributed by atoms with van der Waals surface area (Å²) in [5.74, 6) is 1.20. The minimum absolute atomic E-state index is 0.00606. The molecule has 0 aliphatic carbocycles. The molecule has 1 aromatic rings. The second-order valence-electron chi connectivity index (χ2n) is 5.13. The van der Waals surface area contributed by atoms with Crippen LogP contribution in [0.15, 0.2) is 12.1 Å². The number of alkyl halides is 2. The highest BCUT2D eigenvalue weighted by molar-refractivity contribution is 6.21. The molecule has 0 saturated heterocycles. The minimum Gasteiger partial charge on any atom is -0.126 e. The Morgan fingerprint density at radius 2 is 1.44 bits per heavy atom. The highest BCUT2D eigenvalue weighted by Gasteiger charge is 2.24. The molecule has 0 amide bonds. The number of halogens is 2. The Labute approximate surface area is 109 Å². The molecule has 1 aromatic carbocycles. The maximum atomic E-state index is 6.01. The Hall–Kier alpha value is -0.200. The Morgan fingerprint density at radius 1 is 1.00 bits per heavy atom. The van der Waals surface area contributed by atoms with Gasteiger partial charge in [-0.2, -0.15) is 0 Å². The highest BCUT2D eigenvalue weighted by atomic mass is 35.5. The Kier molecular flexibility index (Phi) is 4.70. The van der Waals surface area contributed by atoms with Gasteiger partial charge in [-0.3, -0.25) is 0 Å². The van der Waals surface area contributed by atoms with Gasteiger partial charge in [-0.05, 0) is 49.3 Å². The molecular weight excluding hydrogens is 239 g/mol. The summed E-state index contributed by atoms with van der Waals surface area (Å²) in [7, 11) is 0. The van der Waals surface area contributed by atoms with Gasteiger partial charge in [0.25, 0.3) is 0 Å². The molecule has 0 unspecified atom stereocenters. The lowest BCUT2D eigenvalue weighted by Gasteiger charge is -2.26. The van der Waals surface area contributed by atoms with E-state index in [-0.39, 0.29) is 5.41 Å². The first-order valence-corrected chi connectivity index (χ1v) is 6.67. The van der Waals surface area contributed by atoms with Crippen LogP contribution in [0.2, 0.25) is 0 Å². The molecule has 1 rings (SSSR count). The third kappa shape index (κ3) is 3.15. The molecule has 0 fully saturated rings. The maximum Gasteiger partial charge on any atom is 0.0291 e. The van der Waals surface area contributed by atoms with Crippen molar-refractivity contribution in [2.45, 2.75) is 34.1 Å². The summed E-state index contributed by atoms with van der Waals surface area (Å²) in [5, 5.41) is 0. The van der Waals surface area contributed by atoms with Crippen molar-refractivity contribution in [3.05, 3.63) is 34.4 Å². The average Bonchev–Trinajstić information content (AvgIpc) is 2.23. The summed E-state index contributed by atoms with van der Waals surface area (Å²) < 4.78 is 0. The van der Waals surface area contributed by atoms with Crippen LogP contribution in [0.5, 0.6) is 0 Å². The van der Waals surface area contributed by atoms with Gasteiger partial charge >= 0.3 is 0 Å². The zero-order chi connectivity index (χ0) is 12.3. The number of aryl methyl sites for hydroxylation is 3. The summed E-state index contributed by atoms with van der Waals surface area (Å²) in [5.41, 5.74) is 5.40. The van der Waals surface area contributed by atoms with Crippen molar-refractivity contribution in [2.75, 3.05) is 11.8 Å². The van der Waals surface area contributed by atoms with E-state index in [1.807, 2.05) is 0 Å². The lowest BCUT2D eigenvalue weighted by atomic mass is 9.83. The van der Waals surface area contributed by atoms with Gasteiger partial charge in [0.1, 0.15) is 0 Å². The molecular formula is C14H20Cl2. The quantitative estimate of drug-likeness (QED) is 0.691. The summed E-state index contributed by atoms with van der Waals surface area (Å²) >= 11 is 12.0. The van der Waals surface area contributed by atoms with Crippen molar-refractivity contribution in [1.29, 1.82) is 0 Å². The molecule has 90 valence electrons. The Morgan fingerprint density at radius 3 is 1.81 bits per heavy atom. The Bertz CT molecular complexity index is 342. The standard InChI is InChI=1S/C14H20Cl2/c1-10-5-11(2)13(12(3)6-10)7-14(4,8-15)9-16/h5-6H,7-9H2,1-4H3. The lowest BCUT2D eigenvalue weighted by Crippen LogP contribution is -2.24. The van der Waals surface area contributed by atoms with Crippen molar-refractivity contribution in [3.63, 3.8) is 0 Å². The molecule has 0 bridgehead atoms. The van der Waals surface area contributed by atoms with E-state index in [2.05, 4.69) is 39.8 Å². The van der Waals surface area contributed by atoms with Gasteiger partial charge in [0.05, 0.1) is 0 Å². The van der Waals surface area contributed by atoms with Gasteiger partial charge in [-0.1, -0.05) is 24.6 Å². The smallest absolute Gasteiger partial charge is 0.0291 e. The summed E-state index contributed by atoms with van der Waals surface area (Å²) in [6, 6.07) is 4.45. The first-order chi connectivity index (χ1) is 7.41. The number of hydrogen-bond acceptors (Lipinski definition) is 0. The van der Waals surface area contributed by atoms with E-state index in [0.717, 1.165) is 6.42 Å². The molecule has 0 N–H and O–H groups in total. The topological polar surface area (TPSA) is 0 Å². The number of benzene rings is 1. The molecule has 0 aliphatic heterocycles. The summed E-state index contributed by atoms with van der Waals surface area (Å²) in [6.07, 6.45) is 0.956. The molecule has 2 heteroatoms. The van der Waals surface area contributed by atoms with Gasteiger partial charge in [0.2, 0.25) is 0 Å². The highest BCUT2D eigenvalue weighted by Crippen LogP contribution is 2.29. The van der Waals surface area contributed by atoms with Crippen LogP contribution in [-0.2, 0) is 6.42 Å². The van der Waals surface area contributed by atoms with Gasteiger partial charge in [-0.25, -0.2) is 0 Å². The average molecular weight is 259 g/mol. The second kappa shape index (κ2) is 5.42. The first-order valence-electron chi connectivity index (χ1n) is 5.60. The van der Waals surface area contributed by atoms with Gasteiger partial charge in [-0.15, -0.1) is 23.2 Å². The molecule has 0 heterocycles. The monoisotopic (exact) mass is 258 g/mol. The maximum absolute atomic E-state index is 6.01. The number of rotatable bonds is 4. The molecule has 16 heavy (non-hydrogen) atoms. The van der Waals surface area contributed by atoms with E-state index in [4.69, 9.17) is 23.2 Å². The largest absolute Gasteiger partial charge is 0.126 e. The van der Waals surface area contributed by atoms with E-state index in [9.17, 15) is 0 Å². The normalized spacial score (nSPS) is 11.9. The molecule has 0 nitrogen and oxygen atoms in total. The van der Waals surface area contributed by atoms with Crippen LogP contribution in [0, 0.1) is 26.2 Å². The molecule has 0 atom stereocenters. The van der Waals surface area contributed by atoms with Gasteiger partial charge in [0.15, 0.2) is 0 Å². The van der Waals surface area contributed by atoms with Gasteiger partial charge in [0, 0.05) is 11.8 Å². The predicted octanol–water partition coefficient (Wildman–Crippen LogP) is 4.64. The van der Waals surface area contributed by atoms with E-state index >= 15 is 0 Å². The van der Waals surface area contributed by atoms with E-state index in [1.165, 1.54) is 22.3 Å².